The fourth-order valence-electron chi connectivity index (χ4n) is 2.73. The zero-order valence-corrected chi connectivity index (χ0v) is 19.0. The van der Waals surface area contributed by atoms with E-state index in [9.17, 15) is 9.59 Å². The summed E-state index contributed by atoms with van der Waals surface area (Å²) in [4.78, 5) is 23.5. The van der Waals surface area contributed by atoms with Gasteiger partial charge < -0.3 is 0 Å². The molecule has 4 heteroatoms. The fourth-order valence-corrected chi connectivity index (χ4v) is 2.73. The predicted octanol–water partition coefficient (Wildman–Crippen LogP) is 6.62. The van der Waals surface area contributed by atoms with Crippen LogP contribution in [0.2, 0.25) is 0 Å². The van der Waals surface area contributed by atoms with Crippen LogP contribution in [0.3, 0.4) is 0 Å². The maximum absolute atomic E-state index is 11.2. The summed E-state index contributed by atoms with van der Waals surface area (Å²) < 4.78 is 0. The second-order valence-electron chi connectivity index (χ2n) is 7.03. The van der Waals surface area contributed by atoms with Gasteiger partial charge in [-0.05, 0) is 36.3 Å². The summed E-state index contributed by atoms with van der Waals surface area (Å²) >= 11 is 0. The first-order chi connectivity index (χ1) is 16.5. The van der Waals surface area contributed by atoms with Gasteiger partial charge in [0.1, 0.15) is 0 Å². The van der Waals surface area contributed by atoms with Crippen molar-refractivity contribution in [1.29, 1.82) is 5.26 Å². The van der Waals surface area contributed by atoms with Gasteiger partial charge in [-0.3, -0.25) is 9.59 Å². The molecule has 4 nitrogen and oxygen atoms in total. The molecule has 34 heavy (non-hydrogen) atoms. The molecule has 0 fully saturated rings. The summed E-state index contributed by atoms with van der Waals surface area (Å²) in [6, 6.07) is 30.9. The molecule has 0 radical (unpaired) electrons. The van der Waals surface area contributed by atoms with E-state index < -0.39 is 0 Å². The summed E-state index contributed by atoms with van der Waals surface area (Å²) in [5.41, 5.74) is 3.65. The lowest BCUT2D eigenvalue weighted by Crippen LogP contribution is -2.29. The predicted molar refractivity (Wildman–Crippen MR) is 139 cm³/mol. The number of rotatable bonds is 4. The maximum Gasteiger partial charge on any atom is 0.258 e. The number of benzene rings is 3. The minimum Gasteiger partial charge on any atom is -0.269 e. The van der Waals surface area contributed by atoms with Crippen LogP contribution in [0.5, 0.6) is 0 Å². The Morgan fingerprint density at radius 3 is 1.71 bits per heavy atom. The number of carbonyl (C=O) groups excluding carboxylic acids is 2. The number of anilines is 1. The van der Waals surface area contributed by atoms with E-state index in [-0.39, 0.29) is 11.8 Å². The number of amides is 2. The topological polar surface area (TPSA) is 61.2 Å². The molecule has 1 heterocycles. The highest BCUT2D eigenvalue weighted by atomic mass is 16.2. The number of nitriles is 1. The first kappa shape index (κ1) is 25.5. The number of para-hydroxylation sites is 1. The Labute approximate surface area is 201 Å². The Bertz CT molecular complexity index is 1180. The largest absolute Gasteiger partial charge is 0.269 e. The zero-order chi connectivity index (χ0) is 24.6. The summed E-state index contributed by atoms with van der Waals surface area (Å²) in [6.07, 6.45) is 10.0. The van der Waals surface area contributed by atoms with E-state index in [1.54, 1.807) is 37.3 Å². The van der Waals surface area contributed by atoms with Crippen molar-refractivity contribution >= 4 is 29.7 Å². The minimum absolute atomic E-state index is 0.281. The third-order valence-corrected chi connectivity index (χ3v) is 4.47. The smallest absolute Gasteiger partial charge is 0.258 e. The van der Waals surface area contributed by atoms with Gasteiger partial charge in [-0.2, -0.15) is 5.26 Å². The van der Waals surface area contributed by atoms with Crippen molar-refractivity contribution in [2.45, 2.75) is 6.92 Å². The summed E-state index contributed by atoms with van der Waals surface area (Å²) in [5.74, 6) is -0.563. The lowest BCUT2D eigenvalue weighted by atomic mass is 10.2. The van der Waals surface area contributed by atoms with Crippen LogP contribution in [0.1, 0.15) is 18.1 Å². The summed E-state index contributed by atoms with van der Waals surface area (Å²) in [7, 11) is 0. The molecule has 0 saturated heterocycles. The van der Waals surface area contributed by atoms with Crippen LogP contribution < -0.4 is 4.90 Å². The van der Waals surface area contributed by atoms with Gasteiger partial charge in [0.05, 0.1) is 11.8 Å². The average Bonchev–Trinajstić information content (AvgIpc) is 3.24. The van der Waals surface area contributed by atoms with Crippen molar-refractivity contribution in [1.82, 2.24) is 0 Å². The van der Waals surface area contributed by atoms with Gasteiger partial charge >= 0.3 is 0 Å². The molecule has 0 N–H and O–H groups in total. The molecule has 3 aromatic rings. The molecule has 0 saturated carbocycles. The monoisotopic (exact) mass is 446 g/mol. The van der Waals surface area contributed by atoms with Gasteiger partial charge in [-0.1, -0.05) is 104 Å². The number of hydrogen-bond donors (Lipinski definition) is 0. The van der Waals surface area contributed by atoms with Gasteiger partial charge in [0.25, 0.3) is 11.8 Å². The van der Waals surface area contributed by atoms with E-state index in [0.717, 1.165) is 10.5 Å². The normalized spacial score (nSPS) is 12.4. The zero-order valence-electron chi connectivity index (χ0n) is 19.0. The van der Waals surface area contributed by atoms with E-state index in [2.05, 4.69) is 12.6 Å². The van der Waals surface area contributed by atoms with Crippen molar-refractivity contribution in [2.24, 2.45) is 0 Å². The second-order valence-corrected chi connectivity index (χ2v) is 7.03. The van der Waals surface area contributed by atoms with Gasteiger partial charge in [0, 0.05) is 17.7 Å². The summed E-state index contributed by atoms with van der Waals surface area (Å²) in [5, 5.41) is 8.48. The molecule has 3 aromatic carbocycles. The van der Waals surface area contributed by atoms with Crippen LogP contribution in [-0.4, -0.2) is 11.8 Å². The molecule has 4 rings (SSSR count). The van der Waals surface area contributed by atoms with Crippen LogP contribution in [-0.2, 0) is 9.59 Å². The Morgan fingerprint density at radius 2 is 1.26 bits per heavy atom. The molecule has 0 aliphatic carbocycles. The Balaban J connectivity index is 0.000000186. The van der Waals surface area contributed by atoms with Crippen LogP contribution in [0, 0.1) is 11.3 Å². The Kier molecular flexibility index (Phi) is 10.8. The fraction of sp³-hybridized carbons (Fsp3) is 0.0333. The highest BCUT2D eigenvalue weighted by Crippen LogP contribution is 2.17. The molecule has 0 unspecified atom stereocenters. The quantitative estimate of drug-likeness (QED) is 0.257. The molecule has 0 atom stereocenters. The minimum atomic E-state index is -0.281. The molecular formula is C30H26N2O2. The molecule has 168 valence electrons. The van der Waals surface area contributed by atoms with E-state index in [0.29, 0.717) is 11.3 Å². The van der Waals surface area contributed by atoms with Crippen molar-refractivity contribution in [3.05, 3.63) is 139 Å². The summed E-state index contributed by atoms with van der Waals surface area (Å²) in [6.45, 7) is 5.42. The SMILES string of the molecule is C=Cc1ccccc1.CC(C#N)=CC=Cc1ccccc1.O=C1C=CC(=O)N1c1ccccc1. The number of carbonyl (C=O) groups is 2. The van der Waals surface area contributed by atoms with Gasteiger partial charge in [0.15, 0.2) is 0 Å². The number of nitrogens with zero attached hydrogens (tertiary/aromatic N) is 2. The van der Waals surface area contributed by atoms with E-state index >= 15 is 0 Å². The maximum atomic E-state index is 11.2. The third-order valence-electron chi connectivity index (χ3n) is 4.47. The molecule has 1 aliphatic heterocycles. The Morgan fingerprint density at radius 1 is 0.794 bits per heavy atom. The third kappa shape index (κ3) is 8.78. The van der Waals surface area contributed by atoms with E-state index in [4.69, 9.17) is 5.26 Å². The lowest BCUT2D eigenvalue weighted by molar-refractivity contribution is -0.119. The molecule has 0 aromatic heterocycles. The Hall–Kier alpha value is -4.75. The van der Waals surface area contributed by atoms with Gasteiger partial charge in [-0.15, -0.1) is 0 Å². The van der Waals surface area contributed by atoms with E-state index in [1.165, 1.54) is 17.7 Å². The first-order valence-corrected chi connectivity index (χ1v) is 10.6. The van der Waals surface area contributed by atoms with Crippen LogP contribution in [0.25, 0.3) is 12.2 Å². The average molecular weight is 447 g/mol. The number of hydrogen-bond acceptors (Lipinski definition) is 3. The van der Waals surface area contributed by atoms with Gasteiger partial charge in [-0.25, -0.2) is 4.90 Å². The van der Waals surface area contributed by atoms with Crippen molar-refractivity contribution in [3.63, 3.8) is 0 Å². The van der Waals surface area contributed by atoms with E-state index in [1.807, 2.05) is 85.0 Å². The number of imide groups is 1. The molecular weight excluding hydrogens is 420 g/mol. The van der Waals surface area contributed by atoms with Crippen LogP contribution in [0.15, 0.2) is 127 Å². The highest BCUT2D eigenvalue weighted by molar-refractivity contribution is 6.28. The van der Waals surface area contributed by atoms with Crippen molar-refractivity contribution in [3.8, 4) is 6.07 Å². The first-order valence-electron chi connectivity index (χ1n) is 10.6. The van der Waals surface area contributed by atoms with Crippen LogP contribution >= 0.6 is 0 Å². The number of allylic oxidation sites excluding steroid dienone is 3. The second kappa shape index (κ2) is 14.3. The molecule has 0 spiro atoms. The highest BCUT2D eigenvalue weighted by Gasteiger charge is 2.24. The van der Waals surface area contributed by atoms with Gasteiger partial charge in [0.2, 0.25) is 0 Å². The lowest BCUT2D eigenvalue weighted by Gasteiger charge is -2.12. The molecule has 1 aliphatic rings. The molecule has 0 bridgehead atoms. The van der Waals surface area contributed by atoms with Crippen LogP contribution in [0.4, 0.5) is 5.69 Å². The standard InChI is InChI=1S/C12H11N.C10H7NO2.C8H8/c1-11(10-13)6-5-9-12-7-3-2-4-8-12;12-9-6-7-10(13)11(9)8-4-2-1-3-5-8;1-2-8-6-4-3-5-7-8/h2-9H,1H3;1-7H;2-7H,1H2. The molecule has 2 amide bonds. The van der Waals surface area contributed by atoms with Crippen molar-refractivity contribution in [2.75, 3.05) is 4.90 Å². The van der Waals surface area contributed by atoms with Crippen molar-refractivity contribution < 1.29 is 9.59 Å².